The topological polar surface area (TPSA) is 84.0 Å². The Morgan fingerprint density at radius 2 is 1.78 bits per heavy atom. The lowest BCUT2D eigenvalue weighted by atomic mass is 9.96. The summed E-state index contributed by atoms with van der Waals surface area (Å²) in [6, 6.07) is 7.85. The summed E-state index contributed by atoms with van der Waals surface area (Å²) >= 11 is 0. The maximum absolute atomic E-state index is 13.1. The van der Waals surface area contributed by atoms with Gasteiger partial charge < -0.3 is 9.64 Å². The minimum Gasteiger partial charge on any atom is -0.466 e. The number of likely N-dealkylation sites (tertiary alicyclic amines) is 1. The minimum absolute atomic E-state index is 0.200. The lowest BCUT2D eigenvalue weighted by molar-refractivity contribution is -0.151. The molecule has 1 heterocycles. The van der Waals surface area contributed by atoms with Crippen molar-refractivity contribution in [3.8, 4) is 0 Å². The normalized spacial score (nSPS) is 16.6. The number of anilines is 1. The fraction of sp³-hybridized carbons (Fsp3) is 0.579. The summed E-state index contributed by atoms with van der Waals surface area (Å²) in [7, 11) is -3.63. The largest absolute Gasteiger partial charge is 0.466 e. The van der Waals surface area contributed by atoms with Crippen LogP contribution >= 0.6 is 0 Å². The van der Waals surface area contributed by atoms with Crippen LogP contribution in [0.25, 0.3) is 0 Å². The van der Waals surface area contributed by atoms with E-state index in [9.17, 15) is 18.0 Å². The van der Waals surface area contributed by atoms with Gasteiger partial charge in [-0.05, 0) is 38.3 Å². The van der Waals surface area contributed by atoms with Crippen molar-refractivity contribution < 1.29 is 22.7 Å². The van der Waals surface area contributed by atoms with E-state index in [1.54, 1.807) is 49.1 Å². The van der Waals surface area contributed by atoms with Crippen molar-refractivity contribution in [1.29, 1.82) is 0 Å². The fourth-order valence-electron chi connectivity index (χ4n) is 3.42. The van der Waals surface area contributed by atoms with Crippen molar-refractivity contribution in [2.45, 2.75) is 39.2 Å². The van der Waals surface area contributed by atoms with Crippen LogP contribution in [0.5, 0.6) is 0 Å². The van der Waals surface area contributed by atoms with Crippen LogP contribution < -0.4 is 4.31 Å². The summed E-state index contributed by atoms with van der Waals surface area (Å²) in [5, 5.41) is 0. The Labute approximate surface area is 161 Å². The molecule has 0 saturated carbocycles. The molecule has 1 fully saturated rings. The second-order valence-electron chi connectivity index (χ2n) is 6.67. The number of hydrogen-bond donors (Lipinski definition) is 0. The van der Waals surface area contributed by atoms with Crippen molar-refractivity contribution in [3.05, 3.63) is 30.3 Å². The first-order valence-electron chi connectivity index (χ1n) is 9.29. The van der Waals surface area contributed by atoms with E-state index in [1.807, 2.05) is 0 Å². The van der Waals surface area contributed by atoms with E-state index in [0.717, 1.165) is 6.26 Å². The van der Waals surface area contributed by atoms with E-state index < -0.39 is 16.1 Å². The molecule has 0 N–H and O–H groups in total. The fourth-order valence-corrected chi connectivity index (χ4v) is 4.63. The molecule has 1 saturated heterocycles. The molecule has 1 aliphatic heterocycles. The number of amides is 1. The Bertz CT molecular complexity index is 743. The molecule has 0 radical (unpaired) electrons. The average Bonchev–Trinajstić information content (AvgIpc) is 2.65. The third kappa shape index (κ3) is 5.22. The molecule has 0 unspecified atom stereocenters. The highest BCUT2D eigenvalue weighted by Gasteiger charge is 2.36. The predicted molar refractivity (Wildman–Crippen MR) is 104 cm³/mol. The molecular weight excluding hydrogens is 368 g/mol. The molecule has 0 bridgehead atoms. The molecule has 27 heavy (non-hydrogen) atoms. The summed E-state index contributed by atoms with van der Waals surface area (Å²) in [5.41, 5.74) is 0.474. The van der Waals surface area contributed by atoms with Crippen molar-refractivity contribution in [2.24, 2.45) is 5.92 Å². The van der Waals surface area contributed by atoms with Crippen LogP contribution in [0.1, 0.15) is 33.1 Å². The van der Waals surface area contributed by atoms with Crippen molar-refractivity contribution in [2.75, 3.05) is 30.3 Å². The summed E-state index contributed by atoms with van der Waals surface area (Å²) in [4.78, 5) is 26.6. The van der Waals surface area contributed by atoms with Gasteiger partial charge >= 0.3 is 5.97 Å². The molecule has 1 aromatic carbocycles. The molecule has 1 aliphatic rings. The second-order valence-corrected chi connectivity index (χ2v) is 8.53. The number of benzene rings is 1. The molecule has 1 amide bonds. The lowest BCUT2D eigenvalue weighted by Crippen LogP contribution is -2.52. The lowest BCUT2D eigenvalue weighted by Gasteiger charge is -2.37. The third-order valence-corrected chi connectivity index (χ3v) is 5.93. The van der Waals surface area contributed by atoms with Gasteiger partial charge in [0.05, 0.1) is 24.5 Å². The highest BCUT2D eigenvalue weighted by Crippen LogP contribution is 2.25. The standard InChI is InChI=1S/C19H28N2O5S/c1-4-17(21(27(3,24)25)16-9-7-6-8-10-16)18(22)20-13-11-15(12-14-20)19(23)26-5-2/h6-10,15,17H,4-5,11-14H2,1-3H3/t17-/m1/s1. The average molecular weight is 397 g/mol. The van der Waals surface area contributed by atoms with Gasteiger partial charge in [0.25, 0.3) is 0 Å². The summed E-state index contributed by atoms with van der Waals surface area (Å²) < 4.78 is 31.1. The Morgan fingerprint density at radius 1 is 1.19 bits per heavy atom. The Balaban J connectivity index is 2.16. The van der Waals surface area contributed by atoms with E-state index in [2.05, 4.69) is 0 Å². The molecule has 8 heteroatoms. The third-order valence-electron chi connectivity index (χ3n) is 4.75. The van der Waals surface area contributed by atoms with Crippen LogP contribution in [-0.4, -0.2) is 57.2 Å². The summed E-state index contributed by atoms with van der Waals surface area (Å²) in [6.07, 6.45) is 2.54. The van der Waals surface area contributed by atoms with Crippen molar-refractivity contribution in [1.82, 2.24) is 4.90 Å². The molecule has 7 nitrogen and oxygen atoms in total. The highest BCUT2D eigenvalue weighted by molar-refractivity contribution is 7.92. The van der Waals surface area contributed by atoms with Gasteiger partial charge in [-0.25, -0.2) is 8.42 Å². The second kappa shape index (κ2) is 9.21. The molecule has 2 rings (SSSR count). The smallest absolute Gasteiger partial charge is 0.309 e. The number of carbonyl (C=O) groups is 2. The number of ether oxygens (including phenoxy) is 1. The van der Waals surface area contributed by atoms with E-state index >= 15 is 0 Å². The zero-order valence-corrected chi connectivity index (χ0v) is 16.9. The molecule has 0 aliphatic carbocycles. The van der Waals surface area contributed by atoms with Gasteiger partial charge in [0, 0.05) is 13.1 Å². The number of nitrogens with zero attached hydrogens (tertiary/aromatic N) is 2. The Hall–Kier alpha value is -2.09. The van der Waals surface area contributed by atoms with Crippen LogP contribution in [0.4, 0.5) is 5.69 Å². The van der Waals surface area contributed by atoms with Crippen molar-refractivity contribution >= 4 is 27.6 Å². The molecular formula is C19H28N2O5S. The number of para-hydroxylation sites is 1. The molecule has 1 aromatic rings. The van der Waals surface area contributed by atoms with Gasteiger partial charge in [-0.15, -0.1) is 0 Å². The number of rotatable bonds is 7. The first-order valence-corrected chi connectivity index (χ1v) is 11.1. The maximum atomic E-state index is 13.1. The highest BCUT2D eigenvalue weighted by atomic mass is 32.2. The Morgan fingerprint density at radius 3 is 2.26 bits per heavy atom. The van der Waals surface area contributed by atoms with Crippen molar-refractivity contribution in [3.63, 3.8) is 0 Å². The van der Waals surface area contributed by atoms with Crippen LogP contribution in [0.2, 0.25) is 0 Å². The molecule has 0 spiro atoms. The van der Waals surface area contributed by atoms with Gasteiger partial charge in [-0.1, -0.05) is 25.1 Å². The van der Waals surface area contributed by atoms with Gasteiger partial charge in [0.15, 0.2) is 0 Å². The number of carbonyl (C=O) groups excluding carboxylic acids is 2. The number of sulfonamides is 1. The van der Waals surface area contributed by atoms with Gasteiger partial charge in [0.1, 0.15) is 6.04 Å². The maximum Gasteiger partial charge on any atom is 0.309 e. The van der Waals surface area contributed by atoms with Gasteiger partial charge in [0.2, 0.25) is 15.9 Å². The first kappa shape index (κ1) is 21.2. The van der Waals surface area contributed by atoms with E-state index in [1.165, 1.54) is 4.31 Å². The predicted octanol–water partition coefficient (Wildman–Crippen LogP) is 2.03. The zero-order valence-electron chi connectivity index (χ0n) is 16.1. The number of hydrogen-bond acceptors (Lipinski definition) is 5. The van der Waals surface area contributed by atoms with Crippen LogP contribution in [-0.2, 0) is 24.3 Å². The van der Waals surface area contributed by atoms with E-state index in [-0.39, 0.29) is 17.8 Å². The number of piperidine rings is 1. The van der Waals surface area contributed by atoms with Crippen LogP contribution in [0.15, 0.2) is 30.3 Å². The number of esters is 1. The summed E-state index contributed by atoms with van der Waals surface area (Å²) in [6.45, 7) is 4.76. The van der Waals surface area contributed by atoms with Gasteiger partial charge in [-0.3, -0.25) is 13.9 Å². The summed E-state index contributed by atoms with van der Waals surface area (Å²) in [5.74, 6) is -0.651. The quantitative estimate of drug-likeness (QED) is 0.659. The van der Waals surface area contributed by atoms with E-state index in [0.29, 0.717) is 44.6 Å². The van der Waals surface area contributed by atoms with Crippen LogP contribution in [0.3, 0.4) is 0 Å². The van der Waals surface area contributed by atoms with Crippen LogP contribution in [0, 0.1) is 5.92 Å². The first-order chi connectivity index (χ1) is 12.8. The zero-order chi connectivity index (χ0) is 20.0. The molecule has 150 valence electrons. The SMILES string of the molecule is CCOC(=O)C1CCN(C(=O)[C@@H](CC)N(c2ccccc2)S(C)(=O)=O)CC1. The monoisotopic (exact) mass is 396 g/mol. The minimum atomic E-state index is -3.63. The molecule has 0 aromatic heterocycles. The van der Waals surface area contributed by atoms with Gasteiger partial charge in [-0.2, -0.15) is 0 Å². The molecule has 1 atom stereocenters. The Kier molecular flexibility index (Phi) is 7.24. The van der Waals surface area contributed by atoms with E-state index in [4.69, 9.17) is 4.74 Å².